The second-order valence-electron chi connectivity index (χ2n) is 8.87. The lowest BCUT2D eigenvalue weighted by Gasteiger charge is -2.38. The van der Waals surface area contributed by atoms with Crippen LogP contribution in [-0.4, -0.2) is 58.7 Å². The normalized spacial score (nSPS) is 19.8. The fourth-order valence-electron chi connectivity index (χ4n) is 4.47. The minimum Gasteiger partial charge on any atom is -0.497 e. The molecule has 2 aliphatic rings. The molecule has 0 bridgehead atoms. The molecule has 192 valence electrons. The number of Topliss-reactive ketones (excluding diaryl/α,β-unsaturated/α-hetero) is 2. The number of carboxylic acid groups (broad SMARTS) is 1. The Balaban J connectivity index is 0.00000361. The summed E-state index contributed by atoms with van der Waals surface area (Å²) >= 11 is 1.40. The number of rotatable bonds is 10. The number of carbonyl (C=O) groups is 3. The summed E-state index contributed by atoms with van der Waals surface area (Å²) in [5.74, 6) is -0.882. The van der Waals surface area contributed by atoms with Crippen molar-refractivity contribution in [2.24, 2.45) is 5.92 Å². The van der Waals surface area contributed by atoms with Gasteiger partial charge in [-0.25, -0.2) is 9.18 Å². The molecule has 2 aromatic rings. The number of ether oxygens (including phenoxy) is 1. The smallest absolute Gasteiger partial charge is 0.328 e. The molecule has 4 rings (SSSR count). The van der Waals surface area contributed by atoms with Crippen LogP contribution in [0.15, 0.2) is 60.2 Å². The zero-order valence-electron chi connectivity index (χ0n) is 19.9. The summed E-state index contributed by atoms with van der Waals surface area (Å²) in [6.45, 7) is 0.730. The second-order valence-corrected chi connectivity index (χ2v) is 10.1. The Morgan fingerprint density at radius 3 is 2.58 bits per heavy atom. The molecular weight excluding hydrogens is 505 g/mol. The largest absolute Gasteiger partial charge is 0.497 e. The molecule has 6 nitrogen and oxygen atoms in total. The Labute approximate surface area is 220 Å². The van der Waals surface area contributed by atoms with Gasteiger partial charge in [-0.3, -0.25) is 14.5 Å². The van der Waals surface area contributed by atoms with E-state index in [2.05, 4.69) is 0 Å². The number of carboxylic acids is 1. The van der Waals surface area contributed by atoms with Crippen molar-refractivity contribution in [2.75, 3.05) is 26.0 Å². The van der Waals surface area contributed by atoms with Crippen molar-refractivity contribution < 1.29 is 28.6 Å². The maximum atomic E-state index is 14.7. The molecule has 2 atom stereocenters. The number of thioether (sulfide) groups is 1. The summed E-state index contributed by atoms with van der Waals surface area (Å²) < 4.78 is 19.9. The third kappa shape index (κ3) is 6.75. The molecule has 2 aromatic carbocycles. The van der Waals surface area contributed by atoms with Gasteiger partial charge in [-0.1, -0.05) is 30.3 Å². The van der Waals surface area contributed by atoms with E-state index in [1.54, 1.807) is 42.5 Å². The first kappa shape index (κ1) is 27.9. The molecule has 1 saturated heterocycles. The van der Waals surface area contributed by atoms with Crippen molar-refractivity contribution in [3.8, 4) is 5.75 Å². The number of methoxy groups -OCH3 is 1. The molecule has 2 fully saturated rings. The Morgan fingerprint density at radius 1 is 1.17 bits per heavy atom. The van der Waals surface area contributed by atoms with Crippen LogP contribution in [0.5, 0.6) is 5.75 Å². The topological polar surface area (TPSA) is 83.9 Å². The van der Waals surface area contributed by atoms with Gasteiger partial charge < -0.3 is 9.84 Å². The minimum atomic E-state index is -1.08. The van der Waals surface area contributed by atoms with Gasteiger partial charge in [0, 0.05) is 41.5 Å². The lowest BCUT2D eigenvalue weighted by molar-refractivity contribution is -0.131. The first-order valence-electron chi connectivity index (χ1n) is 11.6. The molecule has 1 aliphatic heterocycles. The highest BCUT2D eigenvalue weighted by Gasteiger charge is 2.41. The lowest BCUT2D eigenvalue weighted by Crippen LogP contribution is -2.43. The molecule has 1 N–H and O–H groups in total. The van der Waals surface area contributed by atoms with E-state index in [0.29, 0.717) is 35.4 Å². The Kier molecular flexibility index (Phi) is 9.70. The van der Waals surface area contributed by atoms with E-state index < -0.39 is 17.8 Å². The number of nitrogens with zero attached hydrogens (tertiary/aromatic N) is 1. The molecule has 0 amide bonds. The highest BCUT2D eigenvalue weighted by molar-refractivity contribution is 8.00. The van der Waals surface area contributed by atoms with Gasteiger partial charge in [-0.15, -0.1) is 24.2 Å². The standard InChI is InChI=1S/C27H28FNO5S.ClH/c1-34-20-6-4-5-18(13-20)23(30)16-35-24-11-12-29(15-19(24)14-25(31)32)26(27(33)17-9-10-17)21-7-2-3-8-22(21)28;/h2-8,13-14,17,24,26H,9-12,15-16H2,1H3,(H,31,32);1H/b19-14-;. The van der Waals surface area contributed by atoms with Crippen molar-refractivity contribution >= 4 is 41.7 Å². The summed E-state index contributed by atoms with van der Waals surface area (Å²) in [5.41, 5.74) is 1.49. The monoisotopic (exact) mass is 533 g/mol. The van der Waals surface area contributed by atoms with Crippen LogP contribution in [0.2, 0.25) is 0 Å². The molecule has 1 aliphatic carbocycles. The van der Waals surface area contributed by atoms with E-state index in [0.717, 1.165) is 12.8 Å². The molecule has 0 spiro atoms. The summed E-state index contributed by atoms with van der Waals surface area (Å²) in [6.07, 6.45) is 3.33. The van der Waals surface area contributed by atoms with Crippen molar-refractivity contribution in [1.29, 1.82) is 0 Å². The first-order chi connectivity index (χ1) is 16.9. The van der Waals surface area contributed by atoms with E-state index in [4.69, 9.17) is 4.74 Å². The number of aliphatic carboxylic acids is 1. The van der Waals surface area contributed by atoms with Gasteiger partial charge in [0.25, 0.3) is 0 Å². The molecule has 0 radical (unpaired) electrons. The zero-order chi connectivity index (χ0) is 24.9. The third-order valence-electron chi connectivity index (χ3n) is 6.41. The van der Waals surface area contributed by atoms with Crippen LogP contribution in [0.4, 0.5) is 4.39 Å². The highest BCUT2D eigenvalue weighted by Crippen LogP contribution is 2.40. The first-order valence-corrected chi connectivity index (χ1v) is 12.7. The van der Waals surface area contributed by atoms with Crippen molar-refractivity contribution in [1.82, 2.24) is 4.90 Å². The Morgan fingerprint density at radius 2 is 1.92 bits per heavy atom. The predicted molar refractivity (Wildman–Crippen MR) is 140 cm³/mol. The molecule has 9 heteroatoms. The average Bonchev–Trinajstić information content (AvgIpc) is 3.70. The molecule has 2 unspecified atom stereocenters. The van der Waals surface area contributed by atoms with Gasteiger partial charge in [-0.05, 0) is 43.0 Å². The van der Waals surface area contributed by atoms with Crippen LogP contribution in [0.25, 0.3) is 0 Å². The molecular formula is C27H29ClFNO5S. The predicted octanol–water partition coefficient (Wildman–Crippen LogP) is 4.98. The van der Waals surface area contributed by atoms with E-state index in [1.165, 1.54) is 31.0 Å². The van der Waals surface area contributed by atoms with Gasteiger partial charge in [0.2, 0.25) is 0 Å². The SMILES string of the molecule is COc1cccc(C(=O)CSC2CCN(C(C(=O)C3CC3)c3ccccc3F)C/C2=C/C(=O)O)c1.Cl. The summed E-state index contributed by atoms with van der Waals surface area (Å²) in [7, 11) is 1.54. The third-order valence-corrected chi connectivity index (χ3v) is 7.78. The van der Waals surface area contributed by atoms with Gasteiger partial charge in [0.05, 0.1) is 18.9 Å². The maximum Gasteiger partial charge on any atom is 0.328 e. The maximum absolute atomic E-state index is 14.7. The molecule has 1 saturated carbocycles. The average molecular weight is 534 g/mol. The van der Waals surface area contributed by atoms with Gasteiger partial charge in [0.15, 0.2) is 11.6 Å². The molecule has 36 heavy (non-hydrogen) atoms. The van der Waals surface area contributed by atoms with Crippen LogP contribution in [0, 0.1) is 11.7 Å². The fraction of sp³-hybridized carbons (Fsp3) is 0.370. The number of piperidine rings is 1. The van der Waals surface area contributed by atoms with Gasteiger partial charge in [-0.2, -0.15) is 0 Å². The van der Waals surface area contributed by atoms with Crippen LogP contribution in [0.1, 0.15) is 41.2 Å². The number of halogens is 2. The van der Waals surface area contributed by atoms with Gasteiger partial charge >= 0.3 is 5.97 Å². The highest BCUT2D eigenvalue weighted by atomic mass is 35.5. The van der Waals surface area contributed by atoms with Crippen molar-refractivity contribution in [3.05, 3.63) is 77.1 Å². The number of likely N-dealkylation sites (tertiary alicyclic amines) is 1. The second kappa shape index (κ2) is 12.5. The number of hydrogen-bond acceptors (Lipinski definition) is 6. The fourth-order valence-corrected chi connectivity index (χ4v) is 5.61. The summed E-state index contributed by atoms with van der Waals surface area (Å²) in [6, 6.07) is 12.5. The van der Waals surface area contributed by atoms with Crippen LogP contribution in [-0.2, 0) is 9.59 Å². The van der Waals surface area contributed by atoms with Crippen LogP contribution < -0.4 is 4.74 Å². The van der Waals surface area contributed by atoms with Crippen LogP contribution in [0.3, 0.4) is 0 Å². The van der Waals surface area contributed by atoms with Gasteiger partial charge in [0.1, 0.15) is 11.6 Å². The zero-order valence-corrected chi connectivity index (χ0v) is 21.5. The minimum absolute atomic E-state index is 0. The Hall–Kier alpha value is -2.68. The summed E-state index contributed by atoms with van der Waals surface area (Å²) in [4.78, 5) is 39.4. The van der Waals surface area contributed by atoms with E-state index in [1.807, 2.05) is 4.90 Å². The Bertz CT molecular complexity index is 1150. The van der Waals surface area contributed by atoms with E-state index >= 15 is 0 Å². The molecule has 0 aromatic heterocycles. The van der Waals surface area contributed by atoms with Crippen molar-refractivity contribution in [3.63, 3.8) is 0 Å². The van der Waals surface area contributed by atoms with Crippen LogP contribution >= 0.6 is 24.2 Å². The quantitative estimate of drug-likeness (QED) is 0.340. The number of carbonyl (C=O) groups excluding carboxylic acids is 2. The van der Waals surface area contributed by atoms with E-state index in [-0.39, 0.29) is 47.4 Å². The molecule has 1 heterocycles. The number of hydrogen-bond donors (Lipinski definition) is 1. The number of ketones is 2. The van der Waals surface area contributed by atoms with E-state index in [9.17, 15) is 23.9 Å². The number of benzene rings is 2. The summed E-state index contributed by atoms with van der Waals surface area (Å²) in [5, 5.41) is 9.29. The van der Waals surface area contributed by atoms with Crippen molar-refractivity contribution in [2.45, 2.75) is 30.6 Å². The lowest BCUT2D eigenvalue weighted by atomic mass is 9.93.